The lowest BCUT2D eigenvalue weighted by Gasteiger charge is -2.38. The van der Waals surface area contributed by atoms with Crippen LogP contribution in [-0.4, -0.2) is 38.2 Å². The molecule has 0 bridgehead atoms. The number of carbonyl (C=O) groups is 1. The highest BCUT2D eigenvalue weighted by molar-refractivity contribution is 9.10. The van der Waals surface area contributed by atoms with Crippen molar-refractivity contribution in [3.8, 4) is 0 Å². The number of carboxylic acids is 1. The van der Waals surface area contributed by atoms with E-state index in [0.717, 1.165) is 6.07 Å². The van der Waals surface area contributed by atoms with Crippen LogP contribution in [0.4, 0.5) is 4.39 Å². The van der Waals surface area contributed by atoms with Crippen molar-refractivity contribution in [1.82, 2.24) is 4.72 Å². The summed E-state index contributed by atoms with van der Waals surface area (Å²) in [6.07, 6.45) is 0. The average molecular weight is 382 g/mol. The fraction of sp³-hybridized carbons (Fsp3) is 0.417. The first-order chi connectivity index (χ1) is 9.57. The number of nitrogens with one attached hydrogen (secondary N) is 1. The van der Waals surface area contributed by atoms with Gasteiger partial charge in [-0.1, -0.05) is 15.9 Å². The minimum absolute atomic E-state index is 0.122. The third-order valence-corrected chi connectivity index (χ3v) is 5.61. The Morgan fingerprint density at radius 2 is 2.10 bits per heavy atom. The Balaban J connectivity index is 2.56. The van der Waals surface area contributed by atoms with E-state index in [1.165, 1.54) is 6.92 Å². The predicted molar refractivity (Wildman–Crippen MR) is 75.3 cm³/mol. The minimum atomic E-state index is -4.20. The zero-order valence-corrected chi connectivity index (χ0v) is 13.6. The molecule has 0 unspecified atom stereocenters. The molecule has 1 aliphatic rings. The maximum atomic E-state index is 14.3. The number of rotatable bonds is 4. The molecule has 2 rings (SSSR count). The van der Waals surface area contributed by atoms with Crippen molar-refractivity contribution >= 4 is 31.9 Å². The number of aromatic carboxylic acids is 1. The second-order valence-electron chi connectivity index (χ2n) is 5.13. The molecule has 0 amide bonds. The Morgan fingerprint density at radius 1 is 1.52 bits per heavy atom. The highest BCUT2D eigenvalue weighted by Crippen LogP contribution is 2.30. The monoisotopic (exact) mass is 381 g/mol. The Hall–Kier alpha value is -1.03. The molecule has 0 atom stereocenters. The molecule has 1 fully saturated rings. The summed E-state index contributed by atoms with van der Waals surface area (Å²) in [5, 5.41) is 9.05. The molecule has 0 saturated carbocycles. The van der Waals surface area contributed by atoms with Crippen LogP contribution in [0.3, 0.4) is 0 Å². The van der Waals surface area contributed by atoms with Crippen molar-refractivity contribution in [3.05, 3.63) is 27.5 Å². The molecule has 1 aliphatic heterocycles. The van der Waals surface area contributed by atoms with Gasteiger partial charge in [-0.15, -0.1) is 0 Å². The Morgan fingerprint density at radius 3 is 2.52 bits per heavy atom. The van der Waals surface area contributed by atoms with E-state index in [0.29, 0.717) is 0 Å². The van der Waals surface area contributed by atoms with Gasteiger partial charge in [0.2, 0.25) is 10.0 Å². The molecule has 2 N–H and O–H groups in total. The smallest absolute Gasteiger partial charge is 0.339 e. The van der Waals surface area contributed by atoms with E-state index in [1.54, 1.807) is 6.92 Å². The summed E-state index contributed by atoms with van der Waals surface area (Å²) in [6, 6.07) is 1.06. The van der Waals surface area contributed by atoms with Crippen LogP contribution in [0, 0.1) is 12.7 Å². The largest absolute Gasteiger partial charge is 0.478 e. The first-order valence-corrected chi connectivity index (χ1v) is 8.19. The molecule has 0 aliphatic carbocycles. The first kappa shape index (κ1) is 16.3. The van der Waals surface area contributed by atoms with E-state index in [-0.39, 0.29) is 23.2 Å². The van der Waals surface area contributed by atoms with Crippen molar-refractivity contribution < 1.29 is 27.4 Å². The van der Waals surface area contributed by atoms with Gasteiger partial charge in [0.25, 0.3) is 0 Å². The normalized spacial score (nSPS) is 17.3. The van der Waals surface area contributed by atoms with Gasteiger partial charge in [0, 0.05) is 4.47 Å². The molecular weight excluding hydrogens is 369 g/mol. The third-order valence-electron chi connectivity index (χ3n) is 3.15. The van der Waals surface area contributed by atoms with E-state index in [4.69, 9.17) is 9.84 Å². The first-order valence-electron chi connectivity index (χ1n) is 5.91. The lowest BCUT2D eigenvalue weighted by molar-refractivity contribution is -0.0523. The summed E-state index contributed by atoms with van der Waals surface area (Å²) in [5.74, 6) is -2.81. The summed E-state index contributed by atoms with van der Waals surface area (Å²) in [6.45, 7) is 3.36. The second kappa shape index (κ2) is 5.31. The van der Waals surface area contributed by atoms with Crippen LogP contribution in [0.1, 0.15) is 22.8 Å². The molecule has 1 aromatic carbocycles. The topological polar surface area (TPSA) is 92.7 Å². The summed E-state index contributed by atoms with van der Waals surface area (Å²) in [5.41, 5.74) is -1.36. The quantitative estimate of drug-likeness (QED) is 0.827. The van der Waals surface area contributed by atoms with Gasteiger partial charge in [-0.2, -0.15) is 0 Å². The summed E-state index contributed by atoms with van der Waals surface area (Å²) >= 11 is 3.06. The van der Waals surface area contributed by atoms with E-state index in [2.05, 4.69) is 20.7 Å². The second-order valence-corrected chi connectivity index (χ2v) is 7.64. The highest BCUT2D eigenvalue weighted by Gasteiger charge is 2.39. The Kier molecular flexibility index (Phi) is 4.13. The highest BCUT2D eigenvalue weighted by atomic mass is 79.9. The molecule has 6 nitrogen and oxygen atoms in total. The summed E-state index contributed by atoms with van der Waals surface area (Å²) in [4.78, 5) is 10.4. The average Bonchev–Trinajstić information content (AvgIpc) is 2.31. The Labute approximate surface area is 129 Å². The SMILES string of the molecule is Cc1c(Br)cc(S(=O)(=O)NC2(C)COC2)c(F)c1C(=O)O. The summed E-state index contributed by atoms with van der Waals surface area (Å²) in [7, 11) is -4.20. The zero-order valence-electron chi connectivity index (χ0n) is 11.2. The number of hydrogen-bond acceptors (Lipinski definition) is 4. The van der Waals surface area contributed by atoms with Crippen molar-refractivity contribution in [1.29, 1.82) is 0 Å². The maximum Gasteiger partial charge on any atom is 0.339 e. The van der Waals surface area contributed by atoms with Crippen LogP contribution >= 0.6 is 15.9 Å². The van der Waals surface area contributed by atoms with Gasteiger partial charge >= 0.3 is 5.97 Å². The Bertz CT molecular complexity index is 715. The molecule has 9 heteroatoms. The van der Waals surface area contributed by atoms with Crippen molar-refractivity contribution in [2.75, 3.05) is 13.2 Å². The van der Waals surface area contributed by atoms with Gasteiger partial charge in [-0.25, -0.2) is 22.3 Å². The standard InChI is InChI=1S/C12H13BrFNO5S/c1-6-7(13)3-8(10(14)9(6)11(16)17)21(18,19)15-12(2)4-20-5-12/h3,15H,4-5H2,1-2H3,(H,16,17). The van der Waals surface area contributed by atoms with Crippen LogP contribution < -0.4 is 4.72 Å². The zero-order chi connectivity index (χ0) is 16.0. The van der Waals surface area contributed by atoms with Crippen LogP contribution in [0.2, 0.25) is 0 Å². The lowest BCUT2D eigenvalue weighted by Crippen LogP contribution is -2.59. The fourth-order valence-electron chi connectivity index (χ4n) is 1.99. The number of sulfonamides is 1. The van der Waals surface area contributed by atoms with Gasteiger partial charge in [-0.3, -0.25) is 0 Å². The summed E-state index contributed by atoms with van der Waals surface area (Å²) < 4.78 is 46.3. The molecule has 116 valence electrons. The van der Waals surface area contributed by atoms with Crippen LogP contribution in [0.15, 0.2) is 15.4 Å². The minimum Gasteiger partial charge on any atom is -0.478 e. The number of ether oxygens (including phenoxy) is 1. The number of halogens is 2. The van der Waals surface area contributed by atoms with E-state index < -0.39 is 37.8 Å². The van der Waals surface area contributed by atoms with Crippen molar-refractivity contribution in [2.45, 2.75) is 24.3 Å². The molecule has 0 radical (unpaired) electrons. The molecule has 0 spiro atoms. The third kappa shape index (κ3) is 2.96. The number of hydrogen-bond donors (Lipinski definition) is 2. The van der Waals surface area contributed by atoms with Gasteiger partial charge in [0.15, 0.2) is 5.82 Å². The van der Waals surface area contributed by atoms with Gasteiger partial charge in [0.1, 0.15) is 10.5 Å². The molecule has 0 aromatic heterocycles. The number of benzene rings is 1. The van der Waals surface area contributed by atoms with Crippen LogP contribution in [0.25, 0.3) is 0 Å². The van der Waals surface area contributed by atoms with E-state index in [1.807, 2.05) is 0 Å². The van der Waals surface area contributed by atoms with Crippen LogP contribution in [0.5, 0.6) is 0 Å². The van der Waals surface area contributed by atoms with Crippen molar-refractivity contribution in [3.63, 3.8) is 0 Å². The lowest BCUT2D eigenvalue weighted by atomic mass is 10.0. The maximum absolute atomic E-state index is 14.3. The van der Waals surface area contributed by atoms with E-state index >= 15 is 0 Å². The number of carboxylic acid groups (broad SMARTS) is 1. The van der Waals surface area contributed by atoms with Gasteiger partial charge in [0.05, 0.1) is 18.8 Å². The molecule has 21 heavy (non-hydrogen) atoms. The van der Waals surface area contributed by atoms with Gasteiger partial charge < -0.3 is 9.84 Å². The van der Waals surface area contributed by atoms with Crippen LogP contribution in [-0.2, 0) is 14.8 Å². The van der Waals surface area contributed by atoms with E-state index in [9.17, 15) is 17.6 Å². The van der Waals surface area contributed by atoms with Gasteiger partial charge in [-0.05, 0) is 25.5 Å². The molecule has 1 aromatic rings. The molecule has 1 saturated heterocycles. The molecular formula is C12H13BrFNO5S. The molecule has 1 heterocycles. The van der Waals surface area contributed by atoms with Crippen molar-refractivity contribution in [2.24, 2.45) is 0 Å². The fourth-order valence-corrected chi connectivity index (χ4v) is 4.06. The predicted octanol–water partition coefficient (Wildman–Crippen LogP) is 1.66.